The third-order valence-corrected chi connectivity index (χ3v) is 5.43. The van der Waals surface area contributed by atoms with Crippen molar-refractivity contribution in [1.82, 2.24) is 9.80 Å². The number of hydrogen-bond acceptors (Lipinski definition) is 6. The summed E-state index contributed by atoms with van der Waals surface area (Å²) in [5.74, 6) is -0.162. The van der Waals surface area contributed by atoms with E-state index in [0.717, 1.165) is 0 Å². The lowest BCUT2D eigenvalue weighted by atomic mass is 10.1. The molecular weight excluding hydrogens is 296 g/mol. The van der Waals surface area contributed by atoms with Gasteiger partial charge in [-0.2, -0.15) is 0 Å². The van der Waals surface area contributed by atoms with Crippen LogP contribution in [0.2, 0.25) is 0 Å². The SMILES string of the molecule is CC(C)(C)OC(=O)N1CCN(C2CS(=O)(=O)CC2O)CC1. The molecule has 0 aliphatic carbocycles. The summed E-state index contributed by atoms with van der Waals surface area (Å²) in [5.41, 5.74) is -0.524. The molecule has 122 valence electrons. The number of aliphatic hydroxyl groups excluding tert-OH is 1. The minimum absolute atomic E-state index is 0.000599. The molecule has 0 radical (unpaired) electrons. The van der Waals surface area contributed by atoms with Gasteiger partial charge in [-0.1, -0.05) is 0 Å². The molecule has 2 aliphatic heterocycles. The van der Waals surface area contributed by atoms with Crippen LogP contribution in [0.4, 0.5) is 4.79 Å². The zero-order chi connectivity index (χ0) is 15.8. The molecule has 2 saturated heterocycles. The number of carbonyl (C=O) groups excluding carboxylic acids is 1. The van der Waals surface area contributed by atoms with Crippen molar-refractivity contribution in [2.45, 2.75) is 38.5 Å². The molecule has 7 nitrogen and oxygen atoms in total. The Hall–Kier alpha value is -0.860. The fraction of sp³-hybridized carbons (Fsp3) is 0.923. The Morgan fingerprint density at radius 2 is 1.71 bits per heavy atom. The molecule has 2 atom stereocenters. The van der Waals surface area contributed by atoms with Crippen molar-refractivity contribution in [3.8, 4) is 0 Å². The van der Waals surface area contributed by atoms with Crippen molar-refractivity contribution >= 4 is 15.9 Å². The lowest BCUT2D eigenvalue weighted by molar-refractivity contribution is 0.00339. The summed E-state index contributed by atoms with van der Waals surface area (Å²) in [7, 11) is -3.14. The molecule has 2 rings (SSSR count). The zero-order valence-electron chi connectivity index (χ0n) is 12.8. The van der Waals surface area contributed by atoms with Crippen LogP contribution in [0.25, 0.3) is 0 Å². The zero-order valence-corrected chi connectivity index (χ0v) is 13.6. The lowest BCUT2D eigenvalue weighted by Gasteiger charge is -2.38. The van der Waals surface area contributed by atoms with E-state index in [2.05, 4.69) is 0 Å². The van der Waals surface area contributed by atoms with E-state index in [9.17, 15) is 18.3 Å². The third kappa shape index (κ3) is 4.31. The molecule has 0 aromatic carbocycles. The summed E-state index contributed by atoms with van der Waals surface area (Å²) < 4.78 is 28.4. The first-order valence-electron chi connectivity index (χ1n) is 7.18. The van der Waals surface area contributed by atoms with Crippen LogP contribution in [0.3, 0.4) is 0 Å². The standard InChI is InChI=1S/C13H24N2O5S/c1-13(2,3)20-12(17)15-6-4-14(5-7-15)10-8-21(18,19)9-11(10)16/h10-11,16H,4-9H2,1-3H3. The van der Waals surface area contributed by atoms with Crippen molar-refractivity contribution in [1.29, 1.82) is 0 Å². The monoisotopic (exact) mass is 320 g/mol. The molecule has 2 heterocycles. The Bertz CT molecular complexity index is 491. The maximum absolute atomic E-state index is 11.9. The molecule has 2 aliphatic rings. The number of aliphatic hydroxyl groups is 1. The second kappa shape index (κ2) is 5.73. The van der Waals surface area contributed by atoms with Gasteiger partial charge in [0.15, 0.2) is 9.84 Å². The molecule has 1 N–H and O–H groups in total. The Morgan fingerprint density at radius 1 is 1.14 bits per heavy atom. The third-order valence-electron chi connectivity index (χ3n) is 3.73. The maximum atomic E-state index is 11.9. The molecule has 1 amide bonds. The fourth-order valence-electron chi connectivity index (χ4n) is 2.72. The molecular formula is C13H24N2O5S. The van der Waals surface area contributed by atoms with Crippen LogP contribution in [0.1, 0.15) is 20.8 Å². The highest BCUT2D eigenvalue weighted by Crippen LogP contribution is 2.20. The van der Waals surface area contributed by atoms with Crippen molar-refractivity contribution < 1.29 is 23.1 Å². The number of piperazine rings is 1. The van der Waals surface area contributed by atoms with Gasteiger partial charge in [0, 0.05) is 26.2 Å². The van der Waals surface area contributed by atoms with E-state index in [1.165, 1.54) is 0 Å². The molecule has 0 aromatic heterocycles. The minimum Gasteiger partial charge on any atom is -0.444 e. The Labute approximate surface area is 125 Å². The van der Waals surface area contributed by atoms with Crippen molar-refractivity contribution in [2.24, 2.45) is 0 Å². The van der Waals surface area contributed by atoms with Gasteiger partial charge in [-0.05, 0) is 20.8 Å². The van der Waals surface area contributed by atoms with Gasteiger partial charge in [0.2, 0.25) is 0 Å². The van der Waals surface area contributed by atoms with E-state index in [4.69, 9.17) is 4.74 Å². The van der Waals surface area contributed by atoms with E-state index in [1.54, 1.807) is 4.90 Å². The van der Waals surface area contributed by atoms with Crippen molar-refractivity contribution in [3.05, 3.63) is 0 Å². The summed E-state index contributed by atoms with van der Waals surface area (Å²) >= 11 is 0. The normalized spacial score (nSPS) is 30.4. The summed E-state index contributed by atoms with van der Waals surface area (Å²) in [6.07, 6.45) is -1.18. The average molecular weight is 320 g/mol. The Balaban J connectivity index is 1.88. The van der Waals surface area contributed by atoms with Gasteiger partial charge < -0.3 is 14.7 Å². The smallest absolute Gasteiger partial charge is 0.410 e. The molecule has 21 heavy (non-hydrogen) atoms. The van der Waals surface area contributed by atoms with Crippen LogP contribution < -0.4 is 0 Å². The van der Waals surface area contributed by atoms with Gasteiger partial charge in [-0.15, -0.1) is 0 Å². The number of rotatable bonds is 1. The Morgan fingerprint density at radius 3 is 2.14 bits per heavy atom. The highest BCUT2D eigenvalue weighted by molar-refractivity contribution is 7.91. The van der Waals surface area contributed by atoms with Gasteiger partial charge in [0.25, 0.3) is 0 Å². The van der Waals surface area contributed by atoms with Gasteiger partial charge in [-0.3, -0.25) is 4.90 Å². The van der Waals surface area contributed by atoms with Gasteiger partial charge in [0.1, 0.15) is 5.60 Å². The molecule has 0 spiro atoms. The minimum atomic E-state index is -3.14. The number of sulfone groups is 1. The Kier molecular flexibility index (Phi) is 4.51. The highest BCUT2D eigenvalue weighted by Gasteiger charge is 2.41. The molecule has 0 saturated carbocycles. The fourth-order valence-corrected chi connectivity index (χ4v) is 4.55. The largest absolute Gasteiger partial charge is 0.444 e. The highest BCUT2D eigenvalue weighted by atomic mass is 32.2. The van der Waals surface area contributed by atoms with Gasteiger partial charge in [-0.25, -0.2) is 13.2 Å². The van der Waals surface area contributed by atoms with Gasteiger partial charge in [0.05, 0.1) is 23.7 Å². The summed E-state index contributed by atoms with van der Waals surface area (Å²) in [5, 5.41) is 9.88. The van der Waals surface area contributed by atoms with Gasteiger partial charge >= 0.3 is 6.09 Å². The first-order valence-corrected chi connectivity index (χ1v) is 9.00. The quantitative estimate of drug-likeness (QED) is 0.713. The lowest BCUT2D eigenvalue weighted by Crippen LogP contribution is -2.55. The second-order valence-corrected chi connectivity index (χ2v) is 8.87. The first-order chi connectivity index (χ1) is 9.57. The van der Waals surface area contributed by atoms with Crippen LogP contribution in [0.5, 0.6) is 0 Å². The molecule has 0 bridgehead atoms. The number of nitrogens with zero attached hydrogens (tertiary/aromatic N) is 2. The first kappa shape index (κ1) is 16.5. The topological polar surface area (TPSA) is 87.2 Å². The van der Waals surface area contributed by atoms with Crippen molar-refractivity contribution in [2.75, 3.05) is 37.7 Å². The summed E-state index contributed by atoms with van der Waals surface area (Å²) in [6, 6.07) is -0.351. The maximum Gasteiger partial charge on any atom is 0.410 e. The second-order valence-electron chi connectivity index (χ2n) is 6.71. The van der Waals surface area contributed by atoms with Crippen LogP contribution in [-0.2, 0) is 14.6 Å². The predicted molar refractivity (Wildman–Crippen MR) is 77.8 cm³/mol. The van der Waals surface area contributed by atoms with E-state index in [1.807, 2.05) is 25.7 Å². The number of amides is 1. The summed E-state index contributed by atoms with van der Waals surface area (Å²) in [6.45, 7) is 7.53. The average Bonchev–Trinajstić information content (AvgIpc) is 2.61. The molecule has 8 heteroatoms. The number of ether oxygens (including phenoxy) is 1. The number of carbonyl (C=O) groups is 1. The molecule has 0 aromatic rings. The van der Waals surface area contributed by atoms with Crippen molar-refractivity contribution in [3.63, 3.8) is 0 Å². The van der Waals surface area contributed by atoms with E-state index in [-0.39, 0.29) is 23.6 Å². The van der Waals surface area contributed by atoms with Crippen LogP contribution in [0, 0.1) is 0 Å². The van der Waals surface area contributed by atoms with E-state index >= 15 is 0 Å². The van der Waals surface area contributed by atoms with Crippen LogP contribution in [0.15, 0.2) is 0 Å². The van der Waals surface area contributed by atoms with E-state index in [0.29, 0.717) is 26.2 Å². The molecule has 2 unspecified atom stereocenters. The van der Waals surface area contributed by atoms with Crippen LogP contribution in [-0.4, -0.2) is 84.8 Å². The predicted octanol–water partition coefficient (Wildman–Crippen LogP) is -0.303. The summed E-state index contributed by atoms with van der Waals surface area (Å²) in [4.78, 5) is 15.5. The molecule has 2 fully saturated rings. The number of hydrogen-bond donors (Lipinski definition) is 1. The van der Waals surface area contributed by atoms with E-state index < -0.39 is 21.5 Å². The van der Waals surface area contributed by atoms with Crippen LogP contribution >= 0.6 is 0 Å².